The normalized spacial score (nSPS) is 18.4. The zero-order valence-electron chi connectivity index (χ0n) is 20.9. The van der Waals surface area contributed by atoms with Crippen LogP contribution in [-0.4, -0.2) is 0 Å². The van der Waals surface area contributed by atoms with E-state index in [0.717, 1.165) is 5.57 Å². The zero-order valence-corrected chi connectivity index (χ0v) is 20.9. The topological polar surface area (TPSA) is 0 Å². The van der Waals surface area contributed by atoms with Crippen LogP contribution in [0.15, 0.2) is 114 Å². The lowest BCUT2D eigenvalue weighted by atomic mass is 9.66. The van der Waals surface area contributed by atoms with Crippen molar-refractivity contribution in [2.24, 2.45) is 0 Å². The van der Waals surface area contributed by atoms with Crippen LogP contribution < -0.4 is 0 Å². The van der Waals surface area contributed by atoms with Crippen LogP contribution >= 0.6 is 0 Å². The molecule has 0 heterocycles. The fraction of sp³-hybridized carbons (Fsp3) is 0.250. The molecule has 3 rings (SSSR count). The first kappa shape index (κ1) is 25.1. The molecule has 1 unspecified atom stereocenters. The van der Waals surface area contributed by atoms with Gasteiger partial charge >= 0.3 is 0 Å². The summed E-state index contributed by atoms with van der Waals surface area (Å²) < 4.78 is 0. The highest BCUT2D eigenvalue weighted by molar-refractivity contribution is 5.87. The van der Waals surface area contributed by atoms with E-state index < -0.39 is 0 Å². The molecule has 0 bridgehead atoms. The van der Waals surface area contributed by atoms with E-state index in [2.05, 4.69) is 125 Å². The van der Waals surface area contributed by atoms with E-state index in [1.165, 1.54) is 39.0 Å². The molecule has 1 aliphatic rings. The van der Waals surface area contributed by atoms with Gasteiger partial charge in [-0.05, 0) is 68.0 Å². The van der Waals surface area contributed by atoms with Crippen molar-refractivity contribution in [3.8, 4) is 0 Å². The lowest BCUT2D eigenvalue weighted by Crippen LogP contribution is -2.30. The van der Waals surface area contributed by atoms with Gasteiger partial charge < -0.3 is 0 Å². The van der Waals surface area contributed by atoms with E-state index >= 15 is 0 Å². The van der Waals surface area contributed by atoms with Crippen molar-refractivity contribution in [2.45, 2.75) is 53.9 Å². The summed E-state index contributed by atoms with van der Waals surface area (Å²) in [4.78, 5) is 0. The Kier molecular flexibility index (Phi) is 9.02. The molecule has 0 fully saturated rings. The third kappa shape index (κ3) is 4.70. The second kappa shape index (κ2) is 11.5. The highest BCUT2D eigenvalue weighted by Gasteiger charge is 2.46. The maximum absolute atomic E-state index is 4.08. The number of fused-ring (bicyclic) bond motifs is 1. The standard InChI is InChI=1S/C30H32.C2H6/c1-7-9-10-14-28-24(6)27-13-11-12-15-29(27)30(28,25(8-2)19-16-22(3)4)26-20-17-23(5)18-21-26;1-2/h7-21H,3H2,1-2,4-6H3;1-2H3/b9-7-,14-10-,19-16-,25-8+;. The predicted octanol–water partition coefficient (Wildman–Crippen LogP) is 9.31. The minimum absolute atomic E-state index is 0.354. The third-order valence-electron chi connectivity index (χ3n) is 5.89. The van der Waals surface area contributed by atoms with E-state index in [-0.39, 0.29) is 5.41 Å². The number of hydrogen-bond donors (Lipinski definition) is 0. The van der Waals surface area contributed by atoms with E-state index in [1.54, 1.807) is 0 Å². The summed E-state index contributed by atoms with van der Waals surface area (Å²) in [6, 6.07) is 17.8. The summed E-state index contributed by atoms with van der Waals surface area (Å²) in [5.74, 6) is 0. The Morgan fingerprint density at radius 3 is 2.12 bits per heavy atom. The van der Waals surface area contributed by atoms with Gasteiger partial charge in [0.1, 0.15) is 0 Å². The van der Waals surface area contributed by atoms with Gasteiger partial charge in [0.05, 0.1) is 5.41 Å². The third-order valence-corrected chi connectivity index (χ3v) is 5.89. The summed E-state index contributed by atoms with van der Waals surface area (Å²) in [6.45, 7) is 18.7. The van der Waals surface area contributed by atoms with Crippen LogP contribution in [0.3, 0.4) is 0 Å². The number of hydrogen-bond acceptors (Lipinski definition) is 0. The molecule has 2 aromatic carbocycles. The van der Waals surface area contributed by atoms with Gasteiger partial charge in [-0.1, -0.05) is 123 Å². The fourth-order valence-electron chi connectivity index (χ4n) is 4.48. The molecule has 2 aromatic rings. The summed E-state index contributed by atoms with van der Waals surface area (Å²) in [6.07, 6.45) is 15.2. The number of allylic oxidation sites excluding steroid dienone is 11. The van der Waals surface area contributed by atoms with Crippen molar-refractivity contribution in [1.29, 1.82) is 0 Å². The van der Waals surface area contributed by atoms with Crippen molar-refractivity contribution in [3.63, 3.8) is 0 Å². The molecular formula is C32H38. The molecule has 0 aliphatic heterocycles. The van der Waals surface area contributed by atoms with Crippen LogP contribution in [0.4, 0.5) is 0 Å². The molecule has 32 heavy (non-hydrogen) atoms. The minimum atomic E-state index is -0.354. The second-order valence-electron chi connectivity index (χ2n) is 8.01. The Hall–Kier alpha value is -3.12. The average molecular weight is 423 g/mol. The maximum Gasteiger partial charge on any atom is 0.0707 e. The highest BCUT2D eigenvalue weighted by atomic mass is 14.5. The summed E-state index contributed by atoms with van der Waals surface area (Å²) in [7, 11) is 0. The van der Waals surface area contributed by atoms with Crippen LogP contribution in [0, 0.1) is 6.92 Å². The fourth-order valence-corrected chi connectivity index (χ4v) is 4.48. The first-order valence-electron chi connectivity index (χ1n) is 11.6. The molecular weight excluding hydrogens is 384 g/mol. The quantitative estimate of drug-likeness (QED) is 0.407. The van der Waals surface area contributed by atoms with Gasteiger partial charge in [0.15, 0.2) is 0 Å². The molecule has 0 spiro atoms. The largest absolute Gasteiger partial charge is 0.0961 e. The molecule has 0 N–H and O–H groups in total. The Balaban J connectivity index is 0.00000176. The van der Waals surface area contributed by atoms with Crippen molar-refractivity contribution >= 4 is 5.57 Å². The molecule has 0 saturated heterocycles. The summed E-state index contributed by atoms with van der Waals surface area (Å²) >= 11 is 0. The van der Waals surface area contributed by atoms with Crippen molar-refractivity contribution in [1.82, 2.24) is 0 Å². The molecule has 0 radical (unpaired) electrons. The number of benzene rings is 2. The van der Waals surface area contributed by atoms with Crippen molar-refractivity contribution < 1.29 is 0 Å². The first-order chi connectivity index (χ1) is 15.5. The van der Waals surface area contributed by atoms with E-state index in [4.69, 9.17) is 0 Å². The molecule has 0 aromatic heterocycles. The van der Waals surface area contributed by atoms with Gasteiger partial charge in [-0.25, -0.2) is 0 Å². The molecule has 0 saturated carbocycles. The minimum Gasteiger partial charge on any atom is -0.0961 e. The molecule has 1 aliphatic carbocycles. The van der Waals surface area contributed by atoms with Gasteiger partial charge in [0, 0.05) is 0 Å². The monoisotopic (exact) mass is 422 g/mol. The SMILES string of the molecule is C=C(C)/C=C\C(=C/C)C1(c2ccc(C)cc2)C(/C=C\C=C/C)=C(C)c2ccccc21.CC. The Morgan fingerprint density at radius 2 is 1.53 bits per heavy atom. The number of aryl methyl sites for hydroxylation is 1. The zero-order chi connectivity index (χ0) is 23.7. The molecule has 1 atom stereocenters. The van der Waals surface area contributed by atoms with Crippen LogP contribution in [0.25, 0.3) is 5.57 Å². The van der Waals surface area contributed by atoms with Crippen LogP contribution in [0.5, 0.6) is 0 Å². The molecule has 0 nitrogen and oxygen atoms in total. The first-order valence-corrected chi connectivity index (χ1v) is 11.6. The van der Waals surface area contributed by atoms with Crippen molar-refractivity contribution in [2.75, 3.05) is 0 Å². The van der Waals surface area contributed by atoms with E-state index in [0.29, 0.717) is 0 Å². The van der Waals surface area contributed by atoms with Gasteiger partial charge in [-0.3, -0.25) is 0 Å². The average Bonchev–Trinajstić information content (AvgIpc) is 3.05. The van der Waals surface area contributed by atoms with E-state index in [1.807, 2.05) is 20.8 Å². The van der Waals surface area contributed by atoms with E-state index in [9.17, 15) is 0 Å². The van der Waals surface area contributed by atoms with Crippen LogP contribution in [0.2, 0.25) is 0 Å². The number of rotatable bonds is 6. The molecule has 0 amide bonds. The second-order valence-corrected chi connectivity index (χ2v) is 8.01. The highest BCUT2D eigenvalue weighted by Crippen LogP contribution is 2.55. The van der Waals surface area contributed by atoms with Crippen LogP contribution in [-0.2, 0) is 5.41 Å². The van der Waals surface area contributed by atoms with Gasteiger partial charge in [0.25, 0.3) is 0 Å². The summed E-state index contributed by atoms with van der Waals surface area (Å²) in [5, 5.41) is 0. The predicted molar refractivity (Wildman–Crippen MR) is 144 cm³/mol. The smallest absolute Gasteiger partial charge is 0.0707 e. The maximum atomic E-state index is 4.08. The van der Waals surface area contributed by atoms with Gasteiger partial charge in [-0.2, -0.15) is 0 Å². The lowest BCUT2D eigenvalue weighted by molar-refractivity contribution is 0.757. The molecule has 166 valence electrons. The van der Waals surface area contributed by atoms with Gasteiger partial charge in [-0.15, -0.1) is 0 Å². The van der Waals surface area contributed by atoms with Crippen molar-refractivity contribution in [3.05, 3.63) is 137 Å². The lowest BCUT2D eigenvalue weighted by Gasteiger charge is -2.36. The van der Waals surface area contributed by atoms with Crippen LogP contribution in [0.1, 0.15) is 63.8 Å². The Labute approximate surface area is 196 Å². The summed E-state index contributed by atoms with van der Waals surface area (Å²) in [5.41, 5.74) is 9.83. The molecule has 0 heteroatoms. The Morgan fingerprint density at radius 1 is 0.875 bits per heavy atom. The Bertz CT molecular complexity index is 1080. The van der Waals surface area contributed by atoms with Gasteiger partial charge in [0.2, 0.25) is 0 Å².